The summed E-state index contributed by atoms with van der Waals surface area (Å²) in [5, 5.41) is 22.3. The highest BCUT2D eigenvalue weighted by molar-refractivity contribution is 7.98. The number of aliphatic hydroxyl groups is 1. The summed E-state index contributed by atoms with van der Waals surface area (Å²) in [6.45, 7) is 0. The molecule has 0 saturated heterocycles. The molecule has 1 aromatic heterocycles. The molecule has 2 unspecified atom stereocenters. The highest BCUT2D eigenvalue weighted by Gasteiger charge is 2.23. The van der Waals surface area contributed by atoms with Crippen molar-refractivity contribution in [1.82, 2.24) is 9.97 Å². The Labute approximate surface area is 104 Å². The van der Waals surface area contributed by atoms with Gasteiger partial charge in [-0.3, -0.25) is 0 Å². The largest absolute Gasteiger partial charge is 0.393 e. The molecule has 1 aromatic rings. The summed E-state index contributed by atoms with van der Waals surface area (Å²) in [6.07, 6.45) is 5.62. The van der Waals surface area contributed by atoms with Crippen molar-refractivity contribution < 1.29 is 5.11 Å². The van der Waals surface area contributed by atoms with E-state index in [-0.39, 0.29) is 12.1 Å². The van der Waals surface area contributed by atoms with Crippen molar-refractivity contribution in [2.45, 2.75) is 36.6 Å². The SMILES string of the molecule is CSc1ncc(C#N)c(NC2CCC(O)C2)n1. The summed E-state index contributed by atoms with van der Waals surface area (Å²) in [7, 11) is 0. The molecular weight excluding hydrogens is 236 g/mol. The topological polar surface area (TPSA) is 81.8 Å². The highest BCUT2D eigenvalue weighted by Crippen LogP contribution is 2.24. The quantitative estimate of drug-likeness (QED) is 0.623. The van der Waals surface area contributed by atoms with Crippen LogP contribution >= 0.6 is 11.8 Å². The molecule has 1 aliphatic rings. The molecule has 0 bridgehead atoms. The van der Waals surface area contributed by atoms with Crippen molar-refractivity contribution in [3.8, 4) is 6.07 Å². The second kappa shape index (κ2) is 5.34. The lowest BCUT2D eigenvalue weighted by Gasteiger charge is -2.14. The van der Waals surface area contributed by atoms with Crippen LogP contribution in [0.25, 0.3) is 0 Å². The lowest BCUT2D eigenvalue weighted by Crippen LogP contribution is -2.18. The van der Waals surface area contributed by atoms with Crippen molar-refractivity contribution in [1.29, 1.82) is 5.26 Å². The van der Waals surface area contributed by atoms with E-state index in [0.717, 1.165) is 12.8 Å². The monoisotopic (exact) mass is 250 g/mol. The average Bonchev–Trinajstić information content (AvgIpc) is 2.74. The first-order valence-corrected chi connectivity index (χ1v) is 6.71. The third-order valence-corrected chi connectivity index (χ3v) is 3.38. The van der Waals surface area contributed by atoms with Gasteiger partial charge in [0, 0.05) is 6.04 Å². The van der Waals surface area contributed by atoms with E-state index in [0.29, 0.717) is 23.0 Å². The van der Waals surface area contributed by atoms with Crippen molar-refractivity contribution in [2.75, 3.05) is 11.6 Å². The van der Waals surface area contributed by atoms with E-state index >= 15 is 0 Å². The maximum Gasteiger partial charge on any atom is 0.189 e. The van der Waals surface area contributed by atoms with E-state index in [1.165, 1.54) is 18.0 Å². The van der Waals surface area contributed by atoms with Gasteiger partial charge in [-0.05, 0) is 25.5 Å². The van der Waals surface area contributed by atoms with Crippen LogP contribution in [-0.2, 0) is 0 Å². The number of aromatic nitrogens is 2. The van der Waals surface area contributed by atoms with Crippen LogP contribution in [0.3, 0.4) is 0 Å². The van der Waals surface area contributed by atoms with Crippen LogP contribution in [0.4, 0.5) is 5.82 Å². The van der Waals surface area contributed by atoms with Crippen LogP contribution in [-0.4, -0.2) is 33.5 Å². The van der Waals surface area contributed by atoms with Crippen molar-refractivity contribution >= 4 is 17.6 Å². The van der Waals surface area contributed by atoms with Gasteiger partial charge in [-0.2, -0.15) is 5.26 Å². The van der Waals surface area contributed by atoms with Gasteiger partial charge in [0.2, 0.25) is 0 Å². The lowest BCUT2D eigenvalue weighted by molar-refractivity contribution is 0.182. The van der Waals surface area contributed by atoms with Gasteiger partial charge in [-0.15, -0.1) is 0 Å². The highest BCUT2D eigenvalue weighted by atomic mass is 32.2. The molecule has 1 heterocycles. The molecule has 2 N–H and O–H groups in total. The van der Waals surface area contributed by atoms with Crippen LogP contribution in [0.2, 0.25) is 0 Å². The molecule has 6 heteroatoms. The molecule has 0 spiro atoms. The third-order valence-electron chi connectivity index (χ3n) is 2.82. The Balaban J connectivity index is 2.16. The molecule has 1 aliphatic carbocycles. The number of aliphatic hydroxyl groups excluding tert-OH is 1. The van der Waals surface area contributed by atoms with Crippen molar-refractivity contribution in [2.24, 2.45) is 0 Å². The molecule has 90 valence electrons. The summed E-state index contributed by atoms with van der Waals surface area (Å²) >= 11 is 1.44. The normalized spacial score (nSPS) is 23.4. The van der Waals surface area contributed by atoms with Gasteiger partial charge in [0.05, 0.1) is 12.3 Å². The standard InChI is InChI=1S/C11H14N4OS/c1-17-11-13-6-7(5-12)10(15-11)14-8-2-3-9(16)4-8/h6,8-9,16H,2-4H2,1H3,(H,13,14,15). The smallest absolute Gasteiger partial charge is 0.189 e. The number of rotatable bonds is 3. The summed E-state index contributed by atoms with van der Waals surface area (Å²) in [5.74, 6) is 0.575. The minimum absolute atomic E-state index is 0.196. The van der Waals surface area contributed by atoms with E-state index in [9.17, 15) is 5.11 Å². The fraction of sp³-hybridized carbons (Fsp3) is 0.545. The van der Waals surface area contributed by atoms with Crippen LogP contribution in [0, 0.1) is 11.3 Å². The summed E-state index contributed by atoms with van der Waals surface area (Å²) in [5.41, 5.74) is 0.448. The van der Waals surface area contributed by atoms with Crippen LogP contribution < -0.4 is 5.32 Å². The maximum atomic E-state index is 9.46. The zero-order chi connectivity index (χ0) is 12.3. The molecule has 5 nitrogen and oxygen atoms in total. The molecular formula is C11H14N4OS. The predicted molar refractivity (Wildman–Crippen MR) is 65.8 cm³/mol. The van der Waals surface area contributed by atoms with Gasteiger partial charge in [0.1, 0.15) is 17.5 Å². The Morgan fingerprint density at radius 1 is 1.59 bits per heavy atom. The molecule has 2 atom stereocenters. The second-order valence-electron chi connectivity index (χ2n) is 4.04. The molecule has 0 aromatic carbocycles. The first kappa shape index (κ1) is 12.1. The molecule has 0 aliphatic heterocycles. The van der Waals surface area contributed by atoms with Crippen molar-refractivity contribution in [3.05, 3.63) is 11.8 Å². The van der Waals surface area contributed by atoms with Gasteiger partial charge in [-0.1, -0.05) is 11.8 Å². The summed E-state index contributed by atoms with van der Waals surface area (Å²) in [4.78, 5) is 8.35. The molecule has 2 rings (SSSR count). The van der Waals surface area contributed by atoms with Crippen LogP contribution in [0.1, 0.15) is 24.8 Å². The van der Waals surface area contributed by atoms with Crippen LogP contribution in [0.15, 0.2) is 11.4 Å². The van der Waals surface area contributed by atoms with Crippen LogP contribution in [0.5, 0.6) is 0 Å². The van der Waals surface area contributed by atoms with Crippen molar-refractivity contribution in [3.63, 3.8) is 0 Å². The minimum atomic E-state index is -0.236. The Morgan fingerprint density at radius 3 is 3.00 bits per heavy atom. The van der Waals surface area contributed by atoms with Gasteiger partial charge in [-0.25, -0.2) is 9.97 Å². The summed E-state index contributed by atoms with van der Waals surface area (Å²) in [6, 6.07) is 2.27. The number of hydrogen-bond donors (Lipinski definition) is 2. The Morgan fingerprint density at radius 2 is 2.41 bits per heavy atom. The number of hydrogen-bond acceptors (Lipinski definition) is 6. The van der Waals surface area contributed by atoms with E-state index < -0.39 is 0 Å². The molecule has 17 heavy (non-hydrogen) atoms. The van der Waals surface area contributed by atoms with E-state index in [1.807, 2.05) is 6.26 Å². The third kappa shape index (κ3) is 2.87. The van der Waals surface area contributed by atoms with E-state index in [1.54, 1.807) is 0 Å². The minimum Gasteiger partial charge on any atom is -0.393 e. The molecule has 1 fully saturated rings. The Kier molecular flexibility index (Phi) is 3.82. The predicted octanol–water partition coefficient (Wildman–Crippen LogP) is 1.40. The Hall–Kier alpha value is -1.32. The van der Waals surface area contributed by atoms with E-state index in [4.69, 9.17) is 5.26 Å². The zero-order valence-electron chi connectivity index (χ0n) is 9.55. The number of thioether (sulfide) groups is 1. The van der Waals surface area contributed by atoms with Gasteiger partial charge >= 0.3 is 0 Å². The molecule has 1 saturated carbocycles. The van der Waals surface area contributed by atoms with E-state index in [2.05, 4.69) is 21.4 Å². The molecule has 0 radical (unpaired) electrons. The number of nitrogens with one attached hydrogen (secondary N) is 1. The number of anilines is 1. The average molecular weight is 250 g/mol. The van der Waals surface area contributed by atoms with Gasteiger partial charge < -0.3 is 10.4 Å². The zero-order valence-corrected chi connectivity index (χ0v) is 10.4. The van der Waals surface area contributed by atoms with Gasteiger partial charge in [0.25, 0.3) is 0 Å². The summed E-state index contributed by atoms with van der Waals surface area (Å²) < 4.78 is 0. The number of nitriles is 1. The lowest BCUT2D eigenvalue weighted by atomic mass is 10.2. The number of nitrogens with zero attached hydrogens (tertiary/aromatic N) is 3. The fourth-order valence-corrected chi connectivity index (χ4v) is 2.28. The fourth-order valence-electron chi connectivity index (χ4n) is 1.94. The second-order valence-corrected chi connectivity index (χ2v) is 4.81. The Bertz CT molecular complexity index is 446. The first-order chi connectivity index (χ1) is 8.22. The van der Waals surface area contributed by atoms with Gasteiger partial charge in [0.15, 0.2) is 5.16 Å². The first-order valence-electron chi connectivity index (χ1n) is 5.48. The maximum absolute atomic E-state index is 9.46. The molecule has 0 amide bonds.